The second-order valence-corrected chi connectivity index (χ2v) is 9.29. The summed E-state index contributed by atoms with van der Waals surface area (Å²) in [5, 5.41) is 14.1. The third kappa shape index (κ3) is 4.79. The molecule has 0 N–H and O–H groups in total. The van der Waals surface area contributed by atoms with Crippen molar-refractivity contribution in [2.24, 2.45) is 4.99 Å². The Hall–Kier alpha value is -4.02. The van der Waals surface area contributed by atoms with Gasteiger partial charge in [-0.2, -0.15) is 4.99 Å². The number of non-ortho nitro benzene ring substituents is 1. The van der Waals surface area contributed by atoms with Crippen molar-refractivity contribution in [2.45, 2.75) is 6.92 Å². The first-order valence-electron chi connectivity index (χ1n) is 10.7. The monoisotopic (exact) mass is 502 g/mol. The topological polar surface area (TPSA) is 102 Å². The molecule has 0 atom stereocenters. The predicted octanol–water partition coefficient (Wildman–Crippen LogP) is 6.60. The number of carbonyl (C=O) groups is 1. The molecule has 0 aliphatic carbocycles. The van der Waals surface area contributed by atoms with Crippen LogP contribution in [0.3, 0.4) is 0 Å². The Labute approximate surface area is 208 Å². The summed E-state index contributed by atoms with van der Waals surface area (Å²) in [4.78, 5) is 34.9. The van der Waals surface area contributed by atoms with Crippen LogP contribution in [-0.2, 0) is 4.79 Å². The van der Waals surface area contributed by atoms with E-state index in [1.807, 2.05) is 42.6 Å². The van der Waals surface area contributed by atoms with Crippen LogP contribution >= 0.6 is 23.1 Å². The molecule has 2 aromatic carbocycles. The predicted molar refractivity (Wildman–Crippen MR) is 138 cm³/mol. The highest BCUT2D eigenvalue weighted by molar-refractivity contribution is 8.18. The highest BCUT2D eigenvalue weighted by Gasteiger charge is 2.33. The fourth-order valence-electron chi connectivity index (χ4n) is 3.50. The van der Waals surface area contributed by atoms with Crippen molar-refractivity contribution < 1.29 is 14.1 Å². The van der Waals surface area contributed by atoms with Gasteiger partial charge in [-0.25, -0.2) is 4.98 Å². The summed E-state index contributed by atoms with van der Waals surface area (Å²) < 4.78 is 5.86. The van der Waals surface area contributed by atoms with Gasteiger partial charge in [-0.05, 0) is 30.8 Å². The SMILES string of the molecule is CCN1C(=O)/C(=C\c2ccc(-c3cccc([N+](=O)[O-])c3)o2)S/C1=N/c1nc(-c2ccccc2)cs1. The zero-order valence-corrected chi connectivity index (χ0v) is 20.1. The van der Waals surface area contributed by atoms with Gasteiger partial charge < -0.3 is 4.42 Å². The molecule has 2 aromatic heterocycles. The number of amides is 1. The van der Waals surface area contributed by atoms with Crippen molar-refractivity contribution in [1.29, 1.82) is 0 Å². The molecule has 1 aliphatic heterocycles. The van der Waals surface area contributed by atoms with E-state index in [0.717, 1.165) is 11.3 Å². The zero-order chi connectivity index (χ0) is 24.4. The van der Waals surface area contributed by atoms with Crippen LogP contribution in [0.1, 0.15) is 12.7 Å². The lowest BCUT2D eigenvalue weighted by Crippen LogP contribution is -2.28. The fraction of sp³-hybridized carbons (Fsp3) is 0.0800. The molecule has 0 saturated carbocycles. The molecule has 174 valence electrons. The summed E-state index contributed by atoms with van der Waals surface area (Å²) in [5.74, 6) is 0.790. The van der Waals surface area contributed by atoms with Crippen LogP contribution in [0, 0.1) is 10.1 Å². The molecule has 1 aliphatic rings. The maximum atomic E-state index is 13.0. The number of aromatic nitrogens is 1. The number of hydrogen-bond acceptors (Lipinski definition) is 8. The van der Waals surface area contributed by atoms with Gasteiger partial charge >= 0.3 is 0 Å². The van der Waals surface area contributed by atoms with Crippen molar-refractivity contribution in [3.05, 3.63) is 92.9 Å². The van der Waals surface area contributed by atoms with E-state index < -0.39 is 4.92 Å². The number of benzene rings is 2. The first kappa shape index (κ1) is 22.8. The fourth-order valence-corrected chi connectivity index (χ4v) is 5.27. The van der Waals surface area contributed by atoms with Crippen LogP contribution in [0.25, 0.3) is 28.7 Å². The number of hydrogen-bond donors (Lipinski definition) is 0. The lowest BCUT2D eigenvalue weighted by atomic mass is 10.1. The number of nitrogens with zero attached hydrogens (tertiary/aromatic N) is 4. The summed E-state index contributed by atoms with van der Waals surface area (Å²) in [6, 6.07) is 19.5. The van der Waals surface area contributed by atoms with Gasteiger partial charge in [-0.3, -0.25) is 19.8 Å². The van der Waals surface area contributed by atoms with Crippen molar-refractivity contribution in [3.63, 3.8) is 0 Å². The molecule has 0 unspecified atom stereocenters. The first-order valence-corrected chi connectivity index (χ1v) is 12.4. The van der Waals surface area contributed by atoms with Crippen LogP contribution in [0.2, 0.25) is 0 Å². The number of aliphatic imine (C=N–C) groups is 1. The molecule has 10 heteroatoms. The molecule has 1 fully saturated rings. The van der Waals surface area contributed by atoms with E-state index in [9.17, 15) is 14.9 Å². The lowest BCUT2D eigenvalue weighted by molar-refractivity contribution is -0.384. The van der Waals surface area contributed by atoms with Gasteiger partial charge in [-0.1, -0.05) is 42.5 Å². The summed E-state index contributed by atoms with van der Waals surface area (Å²) in [6.07, 6.45) is 1.66. The highest BCUT2D eigenvalue weighted by Crippen LogP contribution is 2.36. The van der Waals surface area contributed by atoms with E-state index in [0.29, 0.717) is 38.8 Å². The summed E-state index contributed by atoms with van der Waals surface area (Å²) in [7, 11) is 0. The van der Waals surface area contributed by atoms with Crippen LogP contribution in [-0.4, -0.2) is 32.4 Å². The second-order valence-electron chi connectivity index (χ2n) is 7.45. The molecule has 0 spiro atoms. The average molecular weight is 503 g/mol. The lowest BCUT2D eigenvalue weighted by Gasteiger charge is -2.11. The molecule has 1 amide bonds. The van der Waals surface area contributed by atoms with Crippen molar-refractivity contribution in [2.75, 3.05) is 6.54 Å². The van der Waals surface area contributed by atoms with Gasteiger partial charge in [0, 0.05) is 41.3 Å². The number of nitro groups is 1. The van der Waals surface area contributed by atoms with E-state index >= 15 is 0 Å². The van der Waals surface area contributed by atoms with Crippen molar-refractivity contribution in [1.82, 2.24) is 9.88 Å². The van der Waals surface area contributed by atoms with E-state index in [1.165, 1.54) is 35.2 Å². The molecular weight excluding hydrogens is 484 g/mol. The van der Waals surface area contributed by atoms with Gasteiger partial charge in [0.2, 0.25) is 5.13 Å². The smallest absolute Gasteiger partial charge is 0.270 e. The summed E-state index contributed by atoms with van der Waals surface area (Å²) >= 11 is 2.68. The average Bonchev–Trinajstić information content (AvgIpc) is 3.60. The Morgan fingerprint density at radius 1 is 1.11 bits per heavy atom. The van der Waals surface area contributed by atoms with Crippen LogP contribution in [0.5, 0.6) is 0 Å². The molecule has 1 saturated heterocycles. The third-order valence-corrected chi connectivity index (χ3v) is 6.94. The van der Waals surface area contributed by atoms with Gasteiger partial charge in [0.1, 0.15) is 11.5 Å². The Morgan fingerprint density at radius 2 is 1.91 bits per heavy atom. The Balaban J connectivity index is 1.39. The van der Waals surface area contributed by atoms with E-state index in [2.05, 4.69) is 9.98 Å². The highest BCUT2D eigenvalue weighted by atomic mass is 32.2. The van der Waals surface area contributed by atoms with E-state index in [-0.39, 0.29) is 11.6 Å². The molecule has 0 bridgehead atoms. The minimum atomic E-state index is -0.450. The molecular formula is C25H18N4O4S2. The number of thioether (sulfide) groups is 1. The third-order valence-electron chi connectivity index (χ3n) is 5.20. The molecule has 0 radical (unpaired) electrons. The quantitative estimate of drug-likeness (QED) is 0.167. The minimum absolute atomic E-state index is 0.0163. The van der Waals surface area contributed by atoms with Gasteiger partial charge in [0.25, 0.3) is 11.6 Å². The Morgan fingerprint density at radius 3 is 2.69 bits per heavy atom. The number of carbonyl (C=O) groups excluding carboxylic acids is 1. The molecule has 35 heavy (non-hydrogen) atoms. The van der Waals surface area contributed by atoms with Crippen molar-refractivity contribution in [3.8, 4) is 22.6 Å². The van der Waals surface area contributed by atoms with Gasteiger partial charge in [0.15, 0.2) is 5.17 Å². The standard InChI is InChI=1S/C25H18N4O4S2/c1-2-28-23(30)22(14-19-11-12-21(33-19)17-9-6-10-18(13-17)29(31)32)35-25(28)27-24-26-20(15-34-24)16-7-4-3-5-8-16/h3-15H,2H2,1H3/b22-14+,27-25+. The van der Waals surface area contributed by atoms with Gasteiger partial charge in [-0.15, -0.1) is 11.3 Å². The summed E-state index contributed by atoms with van der Waals surface area (Å²) in [6.45, 7) is 2.36. The Kier molecular flexibility index (Phi) is 6.30. The number of nitro benzene ring substituents is 1. The number of likely N-dealkylation sites (N-methyl/N-ethyl adjacent to an activating group) is 1. The number of furan rings is 1. The number of thiazole rings is 1. The molecule has 8 nitrogen and oxygen atoms in total. The van der Waals surface area contributed by atoms with E-state index in [4.69, 9.17) is 4.42 Å². The molecule has 3 heterocycles. The maximum absolute atomic E-state index is 13.0. The normalized spacial score (nSPS) is 15.9. The minimum Gasteiger partial charge on any atom is -0.457 e. The molecule has 5 rings (SSSR count). The Bertz CT molecular complexity index is 1470. The van der Waals surface area contributed by atoms with Crippen LogP contribution < -0.4 is 0 Å². The maximum Gasteiger partial charge on any atom is 0.270 e. The van der Waals surface area contributed by atoms with Crippen LogP contribution in [0.15, 0.2) is 86.4 Å². The number of amidine groups is 1. The first-order chi connectivity index (χ1) is 17.0. The largest absolute Gasteiger partial charge is 0.457 e. The van der Waals surface area contributed by atoms with Gasteiger partial charge in [0.05, 0.1) is 15.5 Å². The van der Waals surface area contributed by atoms with E-state index in [1.54, 1.807) is 35.2 Å². The number of rotatable bonds is 6. The molecule has 4 aromatic rings. The second kappa shape index (κ2) is 9.69. The van der Waals surface area contributed by atoms with Crippen molar-refractivity contribution >= 4 is 51.1 Å². The van der Waals surface area contributed by atoms with Crippen LogP contribution in [0.4, 0.5) is 10.8 Å². The summed E-state index contributed by atoms with van der Waals surface area (Å²) in [5.41, 5.74) is 2.42. The zero-order valence-electron chi connectivity index (χ0n) is 18.5.